The summed E-state index contributed by atoms with van der Waals surface area (Å²) in [6.07, 6.45) is 1.81. The summed E-state index contributed by atoms with van der Waals surface area (Å²) in [7, 11) is 1.61. The van der Waals surface area contributed by atoms with Crippen molar-refractivity contribution in [3.63, 3.8) is 0 Å². The predicted octanol–water partition coefficient (Wildman–Crippen LogP) is 4.16. The fourth-order valence-corrected chi connectivity index (χ4v) is 4.69. The minimum atomic E-state index is -0.902. The van der Waals surface area contributed by atoms with Crippen LogP contribution in [0.25, 0.3) is 0 Å². The van der Waals surface area contributed by atoms with Gasteiger partial charge in [-0.15, -0.1) is 0 Å². The molecule has 4 amide bonds. The van der Waals surface area contributed by atoms with Gasteiger partial charge in [-0.3, -0.25) is 14.5 Å². The van der Waals surface area contributed by atoms with Gasteiger partial charge < -0.3 is 15.4 Å². The van der Waals surface area contributed by atoms with Crippen LogP contribution in [0.5, 0.6) is 5.75 Å². The quantitative estimate of drug-likeness (QED) is 0.607. The summed E-state index contributed by atoms with van der Waals surface area (Å²) in [5.74, 6) is 0.109. The maximum Gasteiger partial charge on any atom is 0.325 e. The summed E-state index contributed by atoms with van der Waals surface area (Å²) < 4.78 is 5.16. The molecular weight excluding hydrogens is 438 g/mol. The molecule has 1 aliphatic carbocycles. The van der Waals surface area contributed by atoms with Crippen molar-refractivity contribution in [3.8, 4) is 5.75 Å². The lowest BCUT2D eigenvalue weighted by Crippen LogP contribution is -2.46. The summed E-state index contributed by atoms with van der Waals surface area (Å²) in [6.45, 7) is 1.38. The molecule has 2 aliphatic rings. The summed E-state index contributed by atoms with van der Waals surface area (Å²) in [4.78, 5) is 40.1. The Morgan fingerprint density at radius 1 is 1.26 bits per heavy atom. The molecule has 1 saturated heterocycles. The number of nitrogens with one attached hydrogen (secondary N) is 2. The molecule has 0 radical (unpaired) electrons. The molecule has 7 nitrogen and oxygen atoms in total. The molecule has 4 rings (SSSR count). The SMILES string of the molecule is COc1ccc(Sc2ccc(NC(=O)CN3C(=O)NC(C)(C4CC4)C3=O)cc2Cl)cc1. The van der Waals surface area contributed by atoms with Gasteiger partial charge in [0.15, 0.2) is 0 Å². The Labute approximate surface area is 189 Å². The fraction of sp³-hybridized carbons (Fsp3) is 0.318. The summed E-state index contributed by atoms with van der Waals surface area (Å²) in [6, 6.07) is 12.3. The van der Waals surface area contributed by atoms with Gasteiger partial charge in [-0.05, 0) is 68.1 Å². The van der Waals surface area contributed by atoms with E-state index in [1.54, 1.807) is 26.2 Å². The van der Waals surface area contributed by atoms with E-state index in [-0.39, 0.29) is 18.4 Å². The monoisotopic (exact) mass is 459 g/mol. The van der Waals surface area contributed by atoms with E-state index in [1.807, 2.05) is 30.3 Å². The number of carbonyl (C=O) groups excluding carboxylic acids is 3. The van der Waals surface area contributed by atoms with Crippen LogP contribution in [0.3, 0.4) is 0 Å². The molecule has 9 heteroatoms. The summed E-state index contributed by atoms with van der Waals surface area (Å²) >= 11 is 7.88. The molecule has 1 aliphatic heterocycles. The maximum absolute atomic E-state index is 12.7. The number of urea groups is 1. The molecule has 31 heavy (non-hydrogen) atoms. The molecule has 2 aromatic rings. The number of benzene rings is 2. The Kier molecular flexibility index (Phi) is 5.85. The van der Waals surface area contributed by atoms with Crippen LogP contribution >= 0.6 is 23.4 Å². The zero-order valence-electron chi connectivity index (χ0n) is 17.1. The van der Waals surface area contributed by atoms with E-state index in [2.05, 4.69) is 10.6 Å². The van der Waals surface area contributed by atoms with Crippen LogP contribution in [-0.2, 0) is 9.59 Å². The molecule has 1 unspecified atom stereocenters. The number of halogens is 1. The molecule has 162 valence electrons. The molecule has 2 fully saturated rings. The maximum atomic E-state index is 12.7. The van der Waals surface area contributed by atoms with Crippen LogP contribution in [0.2, 0.25) is 5.02 Å². The number of imide groups is 1. The van der Waals surface area contributed by atoms with Crippen LogP contribution in [0, 0.1) is 5.92 Å². The van der Waals surface area contributed by atoms with Gasteiger partial charge >= 0.3 is 6.03 Å². The van der Waals surface area contributed by atoms with Gasteiger partial charge in [-0.2, -0.15) is 0 Å². The van der Waals surface area contributed by atoms with E-state index < -0.39 is 17.5 Å². The number of ether oxygens (including phenoxy) is 1. The van der Waals surface area contributed by atoms with E-state index >= 15 is 0 Å². The molecule has 0 bridgehead atoms. The zero-order chi connectivity index (χ0) is 22.2. The summed E-state index contributed by atoms with van der Waals surface area (Å²) in [5.41, 5.74) is -0.410. The molecule has 2 N–H and O–H groups in total. The van der Waals surface area contributed by atoms with Crippen molar-refractivity contribution in [2.75, 3.05) is 19.0 Å². The van der Waals surface area contributed by atoms with Crippen LogP contribution in [0.1, 0.15) is 19.8 Å². The Hall–Kier alpha value is -2.71. The van der Waals surface area contributed by atoms with Crippen LogP contribution < -0.4 is 15.4 Å². The van der Waals surface area contributed by atoms with Crippen molar-refractivity contribution in [2.45, 2.75) is 35.1 Å². The smallest absolute Gasteiger partial charge is 0.325 e. The first-order valence-electron chi connectivity index (χ1n) is 9.85. The Balaban J connectivity index is 1.38. The lowest BCUT2D eigenvalue weighted by atomic mass is 9.96. The second kappa shape index (κ2) is 8.43. The minimum absolute atomic E-state index is 0.145. The molecular formula is C22H22ClN3O4S. The molecule has 1 saturated carbocycles. The number of hydrogen-bond donors (Lipinski definition) is 2. The number of anilines is 1. The average Bonchev–Trinajstić information content (AvgIpc) is 3.57. The van der Waals surface area contributed by atoms with E-state index in [9.17, 15) is 14.4 Å². The largest absolute Gasteiger partial charge is 0.497 e. The third-order valence-corrected chi connectivity index (χ3v) is 7.01. The molecule has 1 heterocycles. The highest BCUT2D eigenvalue weighted by atomic mass is 35.5. The first-order chi connectivity index (χ1) is 14.8. The van der Waals surface area contributed by atoms with Gasteiger partial charge in [0.2, 0.25) is 5.91 Å². The fourth-order valence-electron chi connectivity index (χ4n) is 3.57. The van der Waals surface area contributed by atoms with Crippen LogP contribution in [0.15, 0.2) is 52.3 Å². The Bertz CT molecular complexity index is 1040. The lowest BCUT2D eigenvalue weighted by molar-refractivity contribution is -0.134. The van der Waals surface area contributed by atoms with Crippen molar-refractivity contribution >= 4 is 46.9 Å². The number of hydrogen-bond acceptors (Lipinski definition) is 5. The molecule has 0 spiro atoms. The highest BCUT2D eigenvalue weighted by Crippen LogP contribution is 2.42. The number of carbonyl (C=O) groups is 3. The van der Waals surface area contributed by atoms with Crippen LogP contribution in [-0.4, -0.2) is 41.9 Å². The third kappa shape index (κ3) is 4.50. The van der Waals surface area contributed by atoms with Crippen molar-refractivity contribution < 1.29 is 19.1 Å². The topological polar surface area (TPSA) is 87.7 Å². The van der Waals surface area contributed by atoms with Crippen molar-refractivity contribution in [2.24, 2.45) is 5.92 Å². The molecule has 2 aromatic carbocycles. The number of rotatable bonds is 7. The van der Waals surface area contributed by atoms with Gasteiger partial charge in [0.05, 0.1) is 12.1 Å². The number of amides is 4. The molecule has 1 atom stereocenters. The Morgan fingerprint density at radius 2 is 1.97 bits per heavy atom. The average molecular weight is 460 g/mol. The number of nitrogens with zero attached hydrogens (tertiary/aromatic N) is 1. The van der Waals surface area contributed by atoms with E-state index in [0.29, 0.717) is 10.7 Å². The second-order valence-corrected chi connectivity index (χ2v) is 9.29. The number of methoxy groups -OCH3 is 1. The van der Waals surface area contributed by atoms with Crippen LogP contribution in [0.4, 0.5) is 10.5 Å². The summed E-state index contributed by atoms with van der Waals surface area (Å²) in [5, 5.41) is 5.92. The lowest BCUT2D eigenvalue weighted by Gasteiger charge is -2.20. The van der Waals surface area contributed by atoms with E-state index in [4.69, 9.17) is 16.3 Å². The normalized spacial score (nSPS) is 20.5. The standard InChI is InChI=1S/C22H22ClN3O4S/c1-22(13-3-4-13)20(28)26(21(29)25-22)12-19(27)24-14-5-10-18(17(23)11-14)31-16-8-6-15(30-2)7-9-16/h5-11,13H,3-4,12H2,1-2H3,(H,24,27)(H,25,29). The second-order valence-electron chi connectivity index (χ2n) is 7.77. The highest BCUT2D eigenvalue weighted by Gasteiger charge is 2.56. The van der Waals surface area contributed by atoms with Gasteiger partial charge in [0.25, 0.3) is 5.91 Å². The van der Waals surface area contributed by atoms with E-state index in [1.165, 1.54) is 11.8 Å². The third-order valence-electron chi connectivity index (χ3n) is 5.50. The van der Waals surface area contributed by atoms with Crippen molar-refractivity contribution in [1.82, 2.24) is 10.2 Å². The molecule has 0 aromatic heterocycles. The Morgan fingerprint density at radius 3 is 2.58 bits per heavy atom. The van der Waals surface area contributed by atoms with Crippen molar-refractivity contribution in [3.05, 3.63) is 47.5 Å². The highest BCUT2D eigenvalue weighted by molar-refractivity contribution is 7.99. The first-order valence-corrected chi connectivity index (χ1v) is 11.0. The van der Waals surface area contributed by atoms with Crippen molar-refractivity contribution in [1.29, 1.82) is 0 Å². The predicted molar refractivity (Wildman–Crippen MR) is 119 cm³/mol. The minimum Gasteiger partial charge on any atom is -0.497 e. The first kappa shape index (κ1) is 21.5. The van der Waals surface area contributed by atoms with Gasteiger partial charge in [-0.25, -0.2) is 4.79 Å². The van der Waals surface area contributed by atoms with Gasteiger partial charge in [-0.1, -0.05) is 23.4 Å². The van der Waals surface area contributed by atoms with E-state index in [0.717, 1.165) is 33.3 Å². The van der Waals surface area contributed by atoms with Gasteiger partial charge in [0, 0.05) is 15.5 Å². The van der Waals surface area contributed by atoms with Gasteiger partial charge in [0.1, 0.15) is 17.8 Å². The zero-order valence-corrected chi connectivity index (χ0v) is 18.7.